The van der Waals surface area contributed by atoms with Crippen molar-refractivity contribution in [1.82, 2.24) is 19.1 Å². The Hall–Kier alpha value is -2.06. The second-order valence-corrected chi connectivity index (χ2v) is 6.85. The molecule has 3 aromatic heterocycles. The second kappa shape index (κ2) is 6.59. The molecule has 1 N–H and O–H groups in total. The molecule has 0 unspecified atom stereocenters. The number of anilines is 1. The molecular weight excluding hydrogens is 330 g/mol. The predicted octanol–water partition coefficient (Wildman–Crippen LogP) is 3.74. The maximum absolute atomic E-state index is 12.0. The van der Waals surface area contributed by atoms with E-state index >= 15 is 0 Å². The molecule has 23 heavy (non-hydrogen) atoms. The molecule has 0 aliphatic rings. The van der Waals surface area contributed by atoms with Gasteiger partial charge in [-0.25, -0.2) is 4.98 Å². The van der Waals surface area contributed by atoms with Gasteiger partial charge in [0, 0.05) is 28.9 Å². The molecule has 0 spiro atoms. The number of hydrogen-bond donors (Lipinski definition) is 1. The van der Waals surface area contributed by atoms with Crippen LogP contribution < -0.4 is 5.32 Å². The molecule has 8 heteroatoms. The normalized spacial score (nSPS) is 10.9. The van der Waals surface area contributed by atoms with E-state index in [1.54, 1.807) is 0 Å². The van der Waals surface area contributed by atoms with E-state index in [0.717, 1.165) is 35.8 Å². The van der Waals surface area contributed by atoms with Gasteiger partial charge < -0.3 is 4.57 Å². The topological polar surface area (TPSA) is 72.7 Å². The van der Waals surface area contributed by atoms with Crippen molar-refractivity contribution in [3.63, 3.8) is 0 Å². The van der Waals surface area contributed by atoms with E-state index < -0.39 is 0 Å². The number of carbonyl (C=O) groups excluding carboxylic acids is 1. The van der Waals surface area contributed by atoms with Gasteiger partial charge in [0.1, 0.15) is 4.88 Å². The van der Waals surface area contributed by atoms with E-state index in [1.165, 1.54) is 28.9 Å². The molecule has 0 aliphatic heterocycles. The molecule has 3 heterocycles. The number of nitrogens with zero attached hydrogens (tertiary/aromatic N) is 4. The van der Waals surface area contributed by atoms with Crippen molar-refractivity contribution >= 4 is 33.9 Å². The van der Waals surface area contributed by atoms with Crippen LogP contribution in [0.5, 0.6) is 0 Å². The minimum absolute atomic E-state index is 0.225. The Morgan fingerprint density at radius 2 is 2.22 bits per heavy atom. The smallest absolute Gasteiger partial charge is 0.270 e. The van der Waals surface area contributed by atoms with Gasteiger partial charge in [0.25, 0.3) is 5.91 Å². The summed E-state index contributed by atoms with van der Waals surface area (Å²) in [5.41, 5.74) is 4.45. The summed E-state index contributed by atoms with van der Waals surface area (Å²) >= 11 is 2.49. The summed E-state index contributed by atoms with van der Waals surface area (Å²) in [5, 5.41) is 9.01. The third-order valence-electron chi connectivity index (χ3n) is 3.61. The third-order valence-corrected chi connectivity index (χ3v) is 5.03. The molecule has 0 radical (unpaired) electrons. The van der Waals surface area contributed by atoms with Crippen LogP contribution >= 0.6 is 22.9 Å². The number of thiazole rings is 1. The lowest BCUT2D eigenvalue weighted by atomic mass is 10.2. The average Bonchev–Trinajstić information content (AvgIpc) is 3.24. The number of aryl methyl sites for hydroxylation is 1. The highest BCUT2D eigenvalue weighted by molar-refractivity contribution is 7.14. The van der Waals surface area contributed by atoms with E-state index in [0.29, 0.717) is 10.0 Å². The third kappa shape index (κ3) is 3.18. The summed E-state index contributed by atoms with van der Waals surface area (Å²) in [6, 6.07) is 2.15. The molecule has 0 aliphatic carbocycles. The van der Waals surface area contributed by atoms with Crippen LogP contribution in [0.2, 0.25) is 0 Å². The van der Waals surface area contributed by atoms with Crippen molar-refractivity contribution in [3.05, 3.63) is 33.9 Å². The summed E-state index contributed by atoms with van der Waals surface area (Å²) in [6.45, 7) is 7.39. The van der Waals surface area contributed by atoms with E-state index in [2.05, 4.69) is 51.3 Å². The minimum atomic E-state index is -0.225. The Morgan fingerprint density at radius 3 is 2.91 bits per heavy atom. The SMILES string of the molecule is CCCn1c(C)cc(-c2csc(NC(=O)c3cnns3)n2)c1C. The number of rotatable bonds is 5. The van der Waals surface area contributed by atoms with Crippen molar-refractivity contribution in [2.24, 2.45) is 0 Å². The second-order valence-electron chi connectivity index (χ2n) is 5.21. The maximum Gasteiger partial charge on any atom is 0.270 e. The van der Waals surface area contributed by atoms with Gasteiger partial charge in [0.2, 0.25) is 0 Å². The lowest BCUT2D eigenvalue weighted by molar-refractivity contribution is 0.103. The van der Waals surface area contributed by atoms with Gasteiger partial charge in [0.15, 0.2) is 5.13 Å². The van der Waals surface area contributed by atoms with Crippen LogP contribution in [0.3, 0.4) is 0 Å². The monoisotopic (exact) mass is 347 g/mol. The first kappa shape index (κ1) is 15.8. The summed E-state index contributed by atoms with van der Waals surface area (Å²) < 4.78 is 5.99. The van der Waals surface area contributed by atoms with Gasteiger partial charge >= 0.3 is 0 Å². The number of aromatic nitrogens is 4. The Bertz CT molecular complexity index is 819. The number of nitrogens with one attached hydrogen (secondary N) is 1. The van der Waals surface area contributed by atoms with Crippen molar-refractivity contribution in [2.75, 3.05) is 5.32 Å². The van der Waals surface area contributed by atoms with Crippen molar-refractivity contribution < 1.29 is 4.79 Å². The summed E-state index contributed by atoms with van der Waals surface area (Å²) in [7, 11) is 0. The fraction of sp³-hybridized carbons (Fsp3) is 0.333. The van der Waals surface area contributed by atoms with Crippen LogP contribution in [0.25, 0.3) is 11.3 Å². The molecule has 3 aromatic rings. The molecular formula is C15H17N5OS2. The molecule has 0 aromatic carbocycles. The van der Waals surface area contributed by atoms with Crippen molar-refractivity contribution in [2.45, 2.75) is 33.7 Å². The van der Waals surface area contributed by atoms with Crippen molar-refractivity contribution in [3.8, 4) is 11.3 Å². The quantitative estimate of drug-likeness (QED) is 0.763. The van der Waals surface area contributed by atoms with Gasteiger partial charge in [-0.2, -0.15) is 0 Å². The van der Waals surface area contributed by atoms with Crippen LogP contribution in [-0.4, -0.2) is 25.0 Å². The lowest BCUT2D eigenvalue weighted by Gasteiger charge is -2.07. The Morgan fingerprint density at radius 1 is 1.39 bits per heavy atom. The van der Waals surface area contributed by atoms with Crippen LogP contribution in [0.4, 0.5) is 5.13 Å². The Balaban J connectivity index is 1.82. The van der Waals surface area contributed by atoms with Crippen LogP contribution in [0.1, 0.15) is 34.4 Å². The number of carbonyl (C=O) groups is 1. The van der Waals surface area contributed by atoms with Gasteiger partial charge in [0.05, 0.1) is 11.9 Å². The molecule has 120 valence electrons. The summed E-state index contributed by atoms with van der Waals surface area (Å²) in [5.74, 6) is -0.225. The highest BCUT2D eigenvalue weighted by Gasteiger charge is 2.15. The summed E-state index contributed by atoms with van der Waals surface area (Å²) in [4.78, 5) is 17.0. The zero-order valence-corrected chi connectivity index (χ0v) is 14.8. The molecule has 0 saturated carbocycles. The van der Waals surface area contributed by atoms with E-state index in [-0.39, 0.29) is 5.91 Å². The van der Waals surface area contributed by atoms with Gasteiger partial charge in [-0.3, -0.25) is 10.1 Å². The van der Waals surface area contributed by atoms with Crippen molar-refractivity contribution in [1.29, 1.82) is 0 Å². The highest BCUT2D eigenvalue weighted by Crippen LogP contribution is 2.30. The number of hydrogen-bond acceptors (Lipinski definition) is 6. The molecule has 3 rings (SSSR count). The first-order valence-corrected chi connectivity index (χ1v) is 8.96. The number of amides is 1. The Kier molecular flexibility index (Phi) is 4.53. The first-order chi connectivity index (χ1) is 11.1. The van der Waals surface area contributed by atoms with Gasteiger partial charge in [-0.15, -0.1) is 16.4 Å². The molecule has 6 nitrogen and oxygen atoms in total. The fourth-order valence-electron chi connectivity index (χ4n) is 2.51. The fourth-order valence-corrected chi connectivity index (χ4v) is 3.62. The standard InChI is InChI=1S/C15H17N5OS2/c1-4-5-20-9(2)6-11(10(20)3)12-8-22-15(17-12)18-14(21)13-7-16-19-23-13/h6-8H,4-5H2,1-3H3,(H,17,18,21). The van der Waals surface area contributed by atoms with Crippen LogP contribution in [0, 0.1) is 13.8 Å². The summed E-state index contributed by atoms with van der Waals surface area (Å²) in [6.07, 6.45) is 2.55. The zero-order valence-electron chi connectivity index (χ0n) is 13.2. The van der Waals surface area contributed by atoms with Crippen LogP contribution in [0.15, 0.2) is 17.6 Å². The van der Waals surface area contributed by atoms with Gasteiger partial charge in [-0.05, 0) is 37.9 Å². The highest BCUT2D eigenvalue weighted by atomic mass is 32.1. The molecule has 0 fully saturated rings. The lowest BCUT2D eigenvalue weighted by Crippen LogP contribution is -2.09. The molecule has 0 saturated heterocycles. The van der Waals surface area contributed by atoms with Crippen LogP contribution in [-0.2, 0) is 6.54 Å². The first-order valence-electron chi connectivity index (χ1n) is 7.31. The zero-order chi connectivity index (χ0) is 16.4. The molecule has 1 amide bonds. The average molecular weight is 347 g/mol. The largest absolute Gasteiger partial charge is 0.348 e. The van der Waals surface area contributed by atoms with E-state index in [9.17, 15) is 4.79 Å². The molecule has 0 atom stereocenters. The van der Waals surface area contributed by atoms with E-state index in [4.69, 9.17) is 0 Å². The van der Waals surface area contributed by atoms with Gasteiger partial charge in [-0.1, -0.05) is 11.4 Å². The maximum atomic E-state index is 12.0. The minimum Gasteiger partial charge on any atom is -0.348 e. The predicted molar refractivity (Wildman–Crippen MR) is 93.2 cm³/mol. The van der Waals surface area contributed by atoms with E-state index in [1.807, 2.05) is 5.38 Å². The Labute approximate surface area is 142 Å². The molecule has 0 bridgehead atoms.